The fourth-order valence-corrected chi connectivity index (χ4v) is 6.86. The van der Waals surface area contributed by atoms with Crippen LogP contribution in [0.2, 0.25) is 0 Å². The van der Waals surface area contributed by atoms with Crippen LogP contribution in [0.3, 0.4) is 0 Å². The number of hydrogen-bond donors (Lipinski definition) is 1. The van der Waals surface area contributed by atoms with Gasteiger partial charge in [0.25, 0.3) is 5.91 Å². The average molecular weight is 775 g/mol. The fraction of sp³-hybridized carbons (Fsp3) is 0.488. The van der Waals surface area contributed by atoms with Crippen molar-refractivity contribution in [3.05, 3.63) is 71.3 Å². The van der Waals surface area contributed by atoms with E-state index in [1.807, 2.05) is 42.5 Å². The SMILES string of the molecule is CCOC(=O)CCCOc1cccc(CCCCCCOc2cc(C(=O)N3CCCN(C(=O)O)CC3)cc(-c3ccc4c(c3)OCO4)c2)c1CCC(=O)OCC. The minimum absolute atomic E-state index is 0.158. The maximum absolute atomic E-state index is 13.8. The Morgan fingerprint density at radius 3 is 2.23 bits per heavy atom. The number of ether oxygens (including phenoxy) is 6. The second kappa shape index (κ2) is 21.6. The van der Waals surface area contributed by atoms with E-state index in [0.29, 0.717) is 88.1 Å². The van der Waals surface area contributed by atoms with E-state index in [2.05, 4.69) is 6.07 Å². The lowest BCUT2D eigenvalue weighted by atomic mass is 9.96. The molecule has 0 atom stereocenters. The van der Waals surface area contributed by atoms with Gasteiger partial charge < -0.3 is 43.3 Å². The highest BCUT2D eigenvalue weighted by molar-refractivity contribution is 5.96. The molecule has 0 aromatic heterocycles. The average Bonchev–Trinajstić information content (AvgIpc) is 3.53. The van der Waals surface area contributed by atoms with Crippen LogP contribution in [0.1, 0.15) is 86.7 Å². The lowest BCUT2D eigenvalue weighted by Gasteiger charge is -2.22. The van der Waals surface area contributed by atoms with Crippen molar-refractivity contribution in [2.75, 3.05) is 59.4 Å². The van der Waals surface area contributed by atoms with Crippen molar-refractivity contribution in [1.29, 1.82) is 0 Å². The van der Waals surface area contributed by atoms with Crippen molar-refractivity contribution >= 4 is 23.9 Å². The molecule has 1 fully saturated rings. The quantitative estimate of drug-likeness (QED) is 0.0910. The molecule has 0 spiro atoms. The third-order valence-electron chi connectivity index (χ3n) is 9.72. The molecule has 0 bridgehead atoms. The first-order chi connectivity index (χ1) is 27.2. The van der Waals surface area contributed by atoms with Crippen LogP contribution < -0.4 is 18.9 Å². The van der Waals surface area contributed by atoms with E-state index < -0.39 is 6.09 Å². The number of carbonyl (C=O) groups is 4. The number of carboxylic acid groups (broad SMARTS) is 1. The molecule has 302 valence electrons. The summed E-state index contributed by atoms with van der Waals surface area (Å²) < 4.78 is 33.6. The molecule has 56 heavy (non-hydrogen) atoms. The summed E-state index contributed by atoms with van der Waals surface area (Å²) >= 11 is 0. The number of nitrogens with zero attached hydrogens (tertiary/aromatic N) is 2. The number of fused-ring (bicyclic) bond motifs is 1. The van der Waals surface area contributed by atoms with Gasteiger partial charge in [0.05, 0.1) is 26.4 Å². The smallest absolute Gasteiger partial charge is 0.407 e. The summed E-state index contributed by atoms with van der Waals surface area (Å²) in [6, 6.07) is 17.2. The fourth-order valence-electron chi connectivity index (χ4n) is 6.86. The van der Waals surface area contributed by atoms with E-state index in [4.69, 9.17) is 28.4 Å². The lowest BCUT2D eigenvalue weighted by Crippen LogP contribution is -2.36. The van der Waals surface area contributed by atoms with Gasteiger partial charge in [0.2, 0.25) is 6.79 Å². The van der Waals surface area contributed by atoms with Crippen molar-refractivity contribution in [1.82, 2.24) is 9.80 Å². The second-order valence-electron chi connectivity index (χ2n) is 13.7. The molecule has 1 saturated heterocycles. The van der Waals surface area contributed by atoms with Gasteiger partial charge in [0, 0.05) is 44.6 Å². The molecular formula is C43H54N2O11. The van der Waals surface area contributed by atoms with Gasteiger partial charge in [0.15, 0.2) is 11.5 Å². The summed E-state index contributed by atoms with van der Waals surface area (Å²) in [6.07, 6.45) is 5.64. The van der Waals surface area contributed by atoms with Crippen LogP contribution in [-0.2, 0) is 31.9 Å². The van der Waals surface area contributed by atoms with Crippen LogP contribution in [0.25, 0.3) is 11.1 Å². The zero-order chi connectivity index (χ0) is 39.7. The number of aryl methyl sites for hydroxylation is 1. The molecule has 0 aliphatic carbocycles. The van der Waals surface area contributed by atoms with E-state index in [-0.39, 0.29) is 44.0 Å². The standard InChI is InChI=1S/C43H54N2O11/c1-3-51-40(46)15-10-25-54-37-14-9-13-31(36(37)17-19-41(47)52-4-2)12-7-5-6-8-24-53-35-27-33(32-16-18-38-39(29-32)56-30-55-38)26-34(28-35)42(48)44-20-11-21-45(23-22-44)43(49)50/h9,13-14,16,18,26-29H,3-8,10-12,15,17,19-25,30H2,1-2H3,(H,49,50). The Kier molecular flexibility index (Phi) is 16.1. The Labute approximate surface area is 328 Å². The summed E-state index contributed by atoms with van der Waals surface area (Å²) in [6.45, 7) is 6.69. The first-order valence-corrected chi connectivity index (χ1v) is 19.8. The van der Waals surface area contributed by atoms with Crippen LogP contribution in [0, 0.1) is 0 Å². The lowest BCUT2D eigenvalue weighted by molar-refractivity contribution is -0.144. The van der Waals surface area contributed by atoms with Crippen molar-refractivity contribution in [3.8, 4) is 34.1 Å². The molecule has 3 aromatic carbocycles. The Bertz CT molecular complexity index is 1800. The molecule has 2 heterocycles. The predicted molar refractivity (Wildman–Crippen MR) is 209 cm³/mol. The van der Waals surface area contributed by atoms with Gasteiger partial charge in [-0.1, -0.05) is 31.0 Å². The van der Waals surface area contributed by atoms with Gasteiger partial charge in [-0.05, 0) is 111 Å². The van der Waals surface area contributed by atoms with E-state index in [1.54, 1.807) is 24.8 Å². The summed E-state index contributed by atoms with van der Waals surface area (Å²) in [4.78, 5) is 52.4. The van der Waals surface area contributed by atoms with Crippen LogP contribution in [0.15, 0.2) is 54.6 Å². The largest absolute Gasteiger partial charge is 0.494 e. The number of hydrogen-bond acceptors (Lipinski definition) is 10. The van der Waals surface area contributed by atoms with E-state index in [0.717, 1.165) is 60.1 Å². The van der Waals surface area contributed by atoms with Crippen LogP contribution in [-0.4, -0.2) is 98.2 Å². The normalized spacial score (nSPS) is 13.5. The van der Waals surface area contributed by atoms with Crippen molar-refractivity contribution in [2.24, 2.45) is 0 Å². The van der Waals surface area contributed by atoms with Gasteiger partial charge in [-0.25, -0.2) is 4.79 Å². The number of carbonyl (C=O) groups excluding carboxylic acids is 3. The monoisotopic (exact) mass is 774 g/mol. The van der Waals surface area contributed by atoms with Gasteiger partial charge in [-0.15, -0.1) is 0 Å². The topological polar surface area (TPSA) is 150 Å². The predicted octanol–water partition coefficient (Wildman–Crippen LogP) is 7.31. The summed E-state index contributed by atoms with van der Waals surface area (Å²) in [5, 5.41) is 9.46. The Morgan fingerprint density at radius 2 is 1.43 bits per heavy atom. The Hall–Kier alpha value is -5.46. The van der Waals surface area contributed by atoms with Crippen LogP contribution >= 0.6 is 0 Å². The van der Waals surface area contributed by atoms with E-state index >= 15 is 0 Å². The van der Waals surface area contributed by atoms with Gasteiger partial charge in [-0.3, -0.25) is 14.4 Å². The first-order valence-electron chi connectivity index (χ1n) is 19.8. The highest BCUT2D eigenvalue weighted by atomic mass is 16.7. The number of benzene rings is 3. The molecule has 3 aromatic rings. The molecule has 0 unspecified atom stereocenters. The molecule has 2 aliphatic rings. The minimum atomic E-state index is -0.977. The number of unbranched alkanes of at least 4 members (excludes halogenated alkanes) is 3. The maximum Gasteiger partial charge on any atom is 0.407 e. The highest BCUT2D eigenvalue weighted by Crippen LogP contribution is 2.37. The third kappa shape index (κ3) is 12.3. The molecule has 5 rings (SSSR count). The molecular weight excluding hydrogens is 720 g/mol. The zero-order valence-electron chi connectivity index (χ0n) is 32.6. The Balaban J connectivity index is 1.17. The summed E-state index contributed by atoms with van der Waals surface area (Å²) in [5.74, 6) is 1.95. The molecule has 2 aliphatic heterocycles. The van der Waals surface area contributed by atoms with Crippen molar-refractivity contribution in [3.63, 3.8) is 0 Å². The van der Waals surface area contributed by atoms with Gasteiger partial charge >= 0.3 is 18.0 Å². The molecule has 1 N–H and O–H groups in total. The molecule has 0 radical (unpaired) electrons. The Morgan fingerprint density at radius 1 is 0.696 bits per heavy atom. The van der Waals surface area contributed by atoms with Crippen molar-refractivity contribution in [2.45, 2.75) is 78.1 Å². The number of esters is 2. The summed E-state index contributed by atoms with van der Waals surface area (Å²) in [5.41, 5.74) is 4.26. The molecule has 13 heteroatoms. The van der Waals surface area contributed by atoms with Crippen molar-refractivity contribution < 1.29 is 52.7 Å². The first kappa shape index (κ1) is 41.7. The summed E-state index contributed by atoms with van der Waals surface area (Å²) in [7, 11) is 0. The zero-order valence-corrected chi connectivity index (χ0v) is 32.6. The maximum atomic E-state index is 13.8. The molecule has 0 saturated carbocycles. The van der Waals surface area contributed by atoms with E-state index in [1.165, 1.54) is 4.90 Å². The third-order valence-corrected chi connectivity index (χ3v) is 9.72. The van der Waals surface area contributed by atoms with E-state index in [9.17, 15) is 24.3 Å². The highest BCUT2D eigenvalue weighted by Gasteiger charge is 2.24. The van der Waals surface area contributed by atoms with Gasteiger partial charge in [0.1, 0.15) is 11.5 Å². The van der Waals surface area contributed by atoms with Gasteiger partial charge in [-0.2, -0.15) is 0 Å². The molecule has 2 amide bonds. The van der Waals surface area contributed by atoms with Crippen LogP contribution in [0.5, 0.6) is 23.0 Å². The number of amides is 2. The number of rotatable bonds is 20. The minimum Gasteiger partial charge on any atom is -0.494 e. The van der Waals surface area contributed by atoms with Crippen LogP contribution in [0.4, 0.5) is 4.79 Å². The molecule has 13 nitrogen and oxygen atoms in total. The second-order valence-corrected chi connectivity index (χ2v) is 13.7.